The van der Waals surface area contributed by atoms with Crippen molar-refractivity contribution < 1.29 is 0 Å². The maximum atomic E-state index is 3.62. The predicted octanol–water partition coefficient (Wildman–Crippen LogP) is 5.47. The van der Waals surface area contributed by atoms with Crippen LogP contribution in [0.15, 0.2) is 38.6 Å². The van der Waals surface area contributed by atoms with Crippen molar-refractivity contribution in [3.05, 3.63) is 54.6 Å². The predicted molar refractivity (Wildman–Crippen MR) is 91.0 cm³/mol. The average Bonchev–Trinajstić information content (AvgIpc) is 2.75. The highest BCUT2D eigenvalue weighted by Crippen LogP contribution is 2.30. The van der Waals surface area contributed by atoms with E-state index in [1.54, 1.807) is 0 Å². The van der Waals surface area contributed by atoms with Crippen LogP contribution in [-0.4, -0.2) is 6.54 Å². The van der Waals surface area contributed by atoms with Crippen molar-refractivity contribution in [1.29, 1.82) is 0 Å². The number of halogens is 2. The van der Waals surface area contributed by atoms with Crippen LogP contribution >= 0.6 is 43.2 Å². The molecule has 0 amide bonds. The van der Waals surface area contributed by atoms with E-state index in [9.17, 15) is 0 Å². The Morgan fingerprint density at radius 2 is 2.05 bits per heavy atom. The topological polar surface area (TPSA) is 12.0 Å². The van der Waals surface area contributed by atoms with E-state index >= 15 is 0 Å². The van der Waals surface area contributed by atoms with Gasteiger partial charge in [0.15, 0.2) is 0 Å². The van der Waals surface area contributed by atoms with Gasteiger partial charge in [-0.05, 0) is 64.1 Å². The summed E-state index contributed by atoms with van der Waals surface area (Å²) in [6.07, 6.45) is 1.02. The first kappa shape index (κ1) is 15.2. The number of rotatable bonds is 5. The van der Waals surface area contributed by atoms with Gasteiger partial charge in [0.05, 0.1) is 0 Å². The minimum absolute atomic E-state index is 0.369. The third-order valence-corrected chi connectivity index (χ3v) is 5.58. The van der Waals surface area contributed by atoms with Crippen molar-refractivity contribution in [3.8, 4) is 0 Å². The summed E-state index contributed by atoms with van der Waals surface area (Å²) < 4.78 is 2.36. The molecule has 0 spiro atoms. The fourth-order valence-electron chi connectivity index (χ4n) is 2.22. The Balaban J connectivity index is 2.27. The second kappa shape index (κ2) is 7.02. The molecular formula is C15H17Br2NS. The average molecular weight is 403 g/mol. The molecule has 1 aromatic carbocycles. The Morgan fingerprint density at radius 3 is 2.63 bits per heavy atom. The molecule has 4 heteroatoms. The molecule has 1 unspecified atom stereocenters. The summed E-state index contributed by atoms with van der Waals surface area (Å²) in [7, 11) is 0. The van der Waals surface area contributed by atoms with E-state index in [0.717, 1.165) is 17.4 Å². The van der Waals surface area contributed by atoms with E-state index in [1.807, 2.05) is 11.3 Å². The smallest absolute Gasteiger partial charge is 0.0371 e. The van der Waals surface area contributed by atoms with Crippen LogP contribution in [0.3, 0.4) is 0 Å². The Kier molecular flexibility index (Phi) is 5.63. The molecule has 2 rings (SSSR count). The van der Waals surface area contributed by atoms with Crippen molar-refractivity contribution >= 4 is 43.2 Å². The summed E-state index contributed by atoms with van der Waals surface area (Å²) >= 11 is 8.97. The van der Waals surface area contributed by atoms with Crippen molar-refractivity contribution in [3.63, 3.8) is 0 Å². The van der Waals surface area contributed by atoms with Crippen molar-refractivity contribution in [2.75, 3.05) is 6.54 Å². The maximum Gasteiger partial charge on any atom is 0.0371 e. The van der Waals surface area contributed by atoms with Gasteiger partial charge in [0.2, 0.25) is 0 Å². The van der Waals surface area contributed by atoms with Crippen LogP contribution < -0.4 is 5.32 Å². The SMILES string of the molecule is CCNC(Cc1sccc1Br)c1ccc(Br)cc1C. The molecule has 0 aliphatic rings. The molecule has 0 saturated carbocycles. The molecule has 1 atom stereocenters. The Hall–Kier alpha value is -0.160. The van der Waals surface area contributed by atoms with E-state index in [2.05, 4.69) is 80.7 Å². The van der Waals surface area contributed by atoms with E-state index < -0.39 is 0 Å². The van der Waals surface area contributed by atoms with Gasteiger partial charge in [-0.3, -0.25) is 0 Å². The van der Waals surface area contributed by atoms with Crippen LogP contribution in [0.5, 0.6) is 0 Å². The van der Waals surface area contributed by atoms with Crippen molar-refractivity contribution in [1.82, 2.24) is 5.32 Å². The molecule has 0 aliphatic heterocycles. The van der Waals surface area contributed by atoms with Gasteiger partial charge in [-0.15, -0.1) is 11.3 Å². The number of hydrogen-bond donors (Lipinski definition) is 1. The number of thiophene rings is 1. The summed E-state index contributed by atoms with van der Waals surface area (Å²) in [6.45, 7) is 5.31. The minimum atomic E-state index is 0.369. The molecule has 1 aromatic heterocycles. The number of aryl methyl sites for hydroxylation is 1. The highest BCUT2D eigenvalue weighted by Gasteiger charge is 2.15. The quantitative estimate of drug-likeness (QED) is 0.698. The molecule has 0 bridgehead atoms. The lowest BCUT2D eigenvalue weighted by Crippen LogP contribution is -2.23. The molecule has 19 heavy (non-hydrogen) atoms. The largest absolute Gasteiger partial charge is 0.310 e. The second-order valence-corrected chi connectivity index (χ2v) is 7.28. The van der Waals surface area contributed by atoms with E-state index in [1.165, 1.54) is 20.5 Å². The molecule has 0 fully saturated rings. The maximum absolute atomic E-state index is 3.62. The third-order valence-electron chi connectivity index (χ3n) is 3.14. The summed E-state index contributed by atoms with van der Waals surface area (Å²) in [4.78, 5) is 1.40. The van der Waals surface area contributed by atoms with Gasteiger partial charge in [0.25, 0.3) is 0 Å². The van der Waals surface area contributed by atoms with Gasteiger partial charge >= 0.3 is 0 Å². The standard InChI is InChI=1S/C15H17Br2NS/c1-3-18-14(9-15-13(17)6-7-19-15)12-5-4-11(16)8-10(12)2/h4-8,14,18H,3,9H2,1-2H3. The summed E-state index contributed by atoms with van der Waals surface area (Å²) in [5, 5.41) is 5.73. The monoisotopic (exact) mass is 401 g/mol. The zero-order chi connectivity index (χ0) is 13.8. The number of nitrogens with one attached hydrogen (secondary N) is 1. The first-order valence-electron chi connectivity index (χ1n) is 6.33. The van der Waals surface area contributed by atoms with Gasteiger partial charge in [-0.25, -0.2) is 0 Å². The lowest BCUT2D eigenvalue weighted by atomic mass is 9.98. The van der Waals surface area contributed by atoms with Gasteiger partial charge in [-0.2, -0.15) is 0 Å². The fourth-order valence-corrected chi connectivity index (χ4v) is 4.26. The molecule has 1 N–H and O–H groups in total. The fraction of sp³-hybridized carbons (Fsp3) is 0.333. The second-order valence-electron chi connectivity index (χ2n) is 4.51. The molecule has 2 aromatic rings. The highest BCUT2D eigenvalue weighted by molar-refractivity contribution is 9.10. The van der Waals surface area contributed by atoms with Crippen LogP contribution in [0.2, 0.25) is 0 Å². The van der Waals surface area contributed by atoms with Crippen molar-refractivity contribution in [2.45, 2.75) is 26.3 Å². The summed E-state index contributed by atoms with van der Waals surface area (Å²) in [6, 6.07) is 9.01. The number of likely N-dealkylation sites (N-methyl/N-ethyl adjacent to an activating group) is 1. The van der Waals surface area contributed by atoms with Crippen LogP contribution in [-0.2, 0) is 6.42 Å². The highest BCUT2D eigenvalue weighted by atomic mass is 79.9. The van der Waals surface area contributed by atoms with Gasteiger partial charge in [-0.1, -0.05) is 28.9 Å². The first-order chi connectivity index (χ1) is 9.11. The first-order valence-corrected chi connectivity index (χ1v) is 8.79. The lowest BCUT2D eigenvalue weighted by Gasteiger charge is -2.20. The molecule has 0 saturated heterocycles. The van der Waals surface area contributed by atoms with Gasteiger partial charge < -0.3 is 5.32 Å². The van der Waals surface area contributed by atoms with Crippen molar-refractivity contribution in [2.24, 2.45) is 0 Å². The minimum Gasteiger partial charge on any atom is -0.310 e. The number of benzene rings is 1. The van der Waals surface area contributed by atoms with Gasteiger partial charge in [0.1, 0.15) is 0 Å². The van der Waals surface area contributed by atoms with Crippen LogP contribution in [0.4, 0.5) is 0 Å². The van der Waals surface area contributed by atoms with Crippen LogP contribution in [0.25, 0.3) is 0 Å². The Labute approximate surface area is 135 Å². The van der Waals surface area contributed by atoms with Gasteiger partial charge in [0, 0.05) is 26.3 Å². The number of hydrogen-bond acceptors (Lipinski definition) is 2. The van der Waals surface area contributed by atoms with Crippen LogP contribution in [0, 0.1) is 6.92 Å². The molecule has 1 heterocycles. The zero-order valence-electron chi connectivity index (χ0n) is 11.0. The van der Waals surface area contributed by atoms with E-state index in [0.29, 0.717) is 6.04 Å². The Bertz CT molecular complexity index is 551. The summed E-state index contributed by atoms with van der Waals surface area (Å²) in [5.74, 6) is 0. The molecule has 0 radical (unpaired) electrons. The van der Waals surface area contributed by atoms with E-state index in [4.69, 9.17) is 0 Å². The Morgan fingerprint density at radius 1 is 1.26 bits per heavy atom. The lowest BCUT2D eigenvalue weighted by molar-refractivity contribution is 0.550. The van der Waals surface area contributed by atoms with E-state index in [-0.39, 0.29) is 0 Å². The summed E-state index contributed by atoms with van der Waals surface area (Å²) in [5.41, 5.74) is 2.71. The normalized spacial score (nSPS) is 12.6. The third kappa shape index (κ3) is 3.91. The molecule has 102 valence electrons. The zero-order valence-corrected chi connectivity index (χ0v) is 15.0. The van der Waals surface area contributed by atoms with Crippen LogP contribution in [0.1, 0.15) is 29.0 Å². The molecular weight excluding hydrogens is 386 g/mol. The molecule has 1 nitrogen and oxygen atoms in total. The molecule has 0 aliphatic carbocycles.